The van der Waals surface area contributed by atoms with Gasteiger partial charge in [-0.1, -0.05) is 36.4 Å². The van der Waals surface area contributed by atoms with Crippen molar-refractivity contribution in [2.45, 2.75) is 18.9 Å². The fraction of sp³-hybridized carbons (Fsp3) is 0.160. The van der Waals surface area contributed by atoms with E-state index in [1.54, 1.807) is 35.6 Å². The van der Waals surface area contributed by atoms with Crippen LogP contribution in [-0.2, 0) is 11.3 Å². The van der Waals surface area contributed by atoms with Crippen molar-refractivity contribution in [1.29, 1.82) is 0 Å². The number of H-pyrrole nitrogens is 2. The first kappa shape index (κ1) is 21.0. The number of hydrogen-bond acceptors (Lipinski definition) is 4. The number of para-hydroxylation sites is 1. The highest BCUT2D eigenvalue weighted by Crippen LogP contribution is 2.32. The van der Waals surface area contributed by atoms with Gasteiger partial charge in [-0.05, 0) is 35.2 Å². The highest BCUT2D eigenvalue weighted by Gasteiger charge is 2.20. The van der Waals surface area contributed by atoms with Gasteiger partial charge in [0.1, 0.15) is 0 Å². The minimum atomic E-state index is -0.345. The Morgan fingerprint density at radius 2 is 1.73 bits per heavy atom. The van der Waals surface area contributed by atoms with Crippen molar-refractivity contribution >= 4 is 38.9 Å². The SMILES string of the molecule is O=C(CCn1[nH]c(=O)c2ccccc2c1=O)NCC(c1cccs1)c1c[nH]c2ccccc12. The fourth-order valence-corrected chi connectivity index (χ4v) is 5.00. The molecule has 2 aromatic carbocycles. The van der Waals surface area contributed by atoms with Gasteiger partial charge in [0.05, 0.1) is 17.3 Å². The quantitative estimate of drug-likeness (QED) is 0.348. The zero-order valence-corrected chi connectivity index (χ0v) is 18.5. The summed E-state index contributed by atoms with van der Waals surface area (Å²) >= 11 is 1.65. The Morgan fingerprint density at radius 1 is 0.970 bits per heavy atom. The molecule has 1 amide bonds. The predicted octanol–water partition coefficient (Wildman–Crippen LogP) is 3.57. The molecule has 3 N–H and O–H groups in total. The Hall–Kier alpha value is -3.91. The second-order valence-corrected chi connectivity index (χ2v) is 8.83. The zero-order valence-electron chi connectivity index (χ0n) is 17.7. The Labute approximate surface area is 192 Å². The number of rotatable bonds is 7. The van der Waals surface area contributed by atoms with Crippen LogP contribution in [0.1, 0.15) is 22.8 Å². The van der Waals surface area contributed by atoms with Crippen LogP contribution in [-0.4, -0.2) is 27.2 Å². The van der Waals surface area contributed by atoms with E-state index < -0.39 is 0 Å². The molecule has 0 bridgehead atoms. The van der Waals surface area contributed by atoms with E-state index in [1.165, 1.54) is 4.68 Å². The van der Waals surface area contributed by atoms with Crippen LogP contribution >= 0.6 is 11.3 Å². The lowest BCUT2D eigenvalue weighted by molar-refractivity contribution is -0.121. The molecule has 1 unspecified atom stereocenters. The second kappa shape index (κ2) is 8.91. The van der Waals surface area contributed by atoms with Crippen LogP contribution in [0.25, 0.3) is 21.7 Å². The van der Waals surface area contributed by atoms with Crippen LogP contribution in [0.15, 0.2) is 81.8 Å². The number of carbonyl (C=O) groups is 1. The molecule has 166 valence electrons. The molecule has 0 aliphatic heterocycles. The van der Waals surface area contributed by atoms with Gasteiger partial charge in [-0.2, -0.15) is 0 Å². The summed E-state index contributed by atoms with van der Waals surface area (Å²) < 4.78 is 1.21. The molecule has 33 heavy (non-hydrogen) atoms. The van der Waals surface area contributed by atoms with Crippen LogP contribution in [0, 0.1) is 0 Å². The Morgan fingerprint density at radius 3 is 2.52 bits per heavy atom. The summed E-state index contributed by atoms with van der Waals surface area (Å²) in [5.74, 6) is -0.175. The van der Waals surface area contributed by atoms with Gasteiger partial charge >= 0.3 is 0 Å². The molecule has 0 aliphatic carbocycles. The van der Waals surface area contributed by atoms with E-state index in [0.717, 1.165) is 21.3 Å². The third-order valence-corrected chi connectivity index (χ3v) is 6.82. The van der Waals surface area contributed by atoms with Crippen LogP contribution in [0.4, 0.5) is 0 Å². The molecule has 1 atom stereocenters. The van der Waals surface area contributed by atoms with Gasteiger partial charge in [-0.15, -0.1) is 11.3 Å². The molecule has 0 spiro atoms. The molecule has 3 heterocycles. The predicted molar refractivity (Wildman–Crippen MR) is 131 cm³/mol. The number of nitrogens with one attached hydrogen (secondary N) is 3. The summed E-state index contributed by atoms with van der Waals surface area (Å²) in [5.41, 5.74) is 1.53. The van der Waals surface area contributed by atoms with E-state index in [4.69, 9.17) is 0 Å². The van der Waals surface area contributed by atoms with Gasteiger partial charge in [0.15, 0.2) is 0 Å². The Bertz CT molecular complexity index is 1550. The number of hydrogen-bond donors (Lipinski definition) is 3. The molecule has 3 aromatic heterocycles. The first-order valence-corrected chi connectivity index (χ1v) is 11.6. The summed E-state index contributed by atoms with van der Waals surface area (Å²) in [6.07, 6.45) is 2.08. The Balaban J connectivity index is 1.31. The maximum atomic E-state index is 12.7. The fourth-order valence-electron chi connectivity index (χ4n) is 4.16. The standard InChI is InChI=1S/C25H22N4O3S/c30-23(11-12-29-25(32)18-8-2-1-7-17(18)24(31)28-29)27-15-20(22-10-5-13-33-22)19-14-26-21-9-4-3-6-16(19)21/h1-10,13-14,20,26H,11-12,15H2,(H,27,30)(H,28,31). The number of benzene rings is 2. The van der Waals surface area contributed by atoms with Crippen molar-refractivity contribution in [3.63, 3.8) is 0 Å². The van der Waals surface area contributed by atoms with E-state index in [2.05, 4.69) is 27.5 Å². The molecule has 0 saturated heterocycles. The number of carbonyl (C=O) groups excluding carboxylic acids is 1. The minimum Gasteiger partial charge on any atom is -0.361 e. The van der Waals surface area contributed by atoms with Crippen molar-refractivity contribution in [2.75, 3.05) is 6.54 Å². The molecule has 7 nitrogen and oxygen atoms in total. The molecule has 8 heteroatoms. The number of aromatic nitrogens is 3. The lowest BCUT2D eigenvalue weighted by atomic mass is 9.96. The van der Waals surface area contributed by atoms with Gasteiger partial charge in [0, 0.05) is 40.9 Å². The normalized spacial score (nSPS) is 12.2. The summed E-state index contributed by atoms with van der Waals surface area (Å²) in [4.78, 5) is 42.1. The van der Waals surface area contributed by atoms with Crippen molar-refractivity contribution < 1.29 is 4.79 Å². The van der Waals surface area contributed by atoms with E-state index in [0.29, 0.717) is 17.3 Å². The first-order valence-electron chi connectivity index (χ1n) is 10.7. The third kappa shape index (κ3) is 4.12. The summed E-state index contributed by atoms with van der Waals surface area (Å²) in [5, 5.41) is 9.44. The highest BCUT2D eigenvalue weighted by atomic mass is 32.1. The van der Waals surface area contributed by atoms with Gasteiger partial charge < -0.3 is 10.3 Å². The molecular formula is C25H22N4O3S. The molecule has 0 saturated carbocycles. The minimum absolute atomic E-state index is 0.00768. The molecule has 5 rings (SSSR count). The lowest BCUT2D eigenvalue weighted by Crippen LogP contribution is -2.33. The lowest BCUT2D eigenvalue weighted by Gasteiger charge is -2.16. The van der Waals surface area contributed by atoms with Gasteiger partial charge in [0.2, 0.25) is 5.91 Å². The number of aryl methyl sites for hydroxylation is 1. The number of nitrogens with zero attached hydrogens (tertiary/aromatic N) is 1. The monoisotopic (exact) mass is 458 g/mol. The van der Waals surface area contributed by atoms with Crippen LogP contribution in [0.5, 0.6) is 0 Å². The molecule has 0 aliphatic rings. The second-order valence-electron chi connectivity index (χ2n) is 7.85. The third-order valence-electron chi connectivity index (χ3n) is 5.83. The number of fused-ring (bicyclic) bond motifs is 2. The van der Waals surface area contributed by atoms with Crippen molar-refractivity contribution in [3.8, 4) is 0 Å². The van der Waals surface area contributed by atoms with Crippen LogP contribution in [0.2, 0.25) is 0 Å². The van der Waals surface area contributed by atoms with Crippen molar-refractivity contribution in [1.82, 2.24) is 20.1 Å². The van der Waals surface area contributed by atoms with Crippen molar-refractivity contribution in [2.24, 2.45) is 0 Å². The average molecular weight is 459 g/mol. The van der Waals surface area contributed by atoms with E-state index in [9.17, 15) is 14.4 Å². The maximum absolute atomic E-state index is 12.7. The van der Waals surface area contributed by atoms with Crippen LogP contribution < -0.4 is 16.4 Å². The number of thiophene rings is 1. The van der Waals surface area contributed by atoms with E-state index >= 15 is 0 Å². The average Bonchev–Trinajstić information content (AvgIpc) is 3.52. The largest absolute Gasteiger partial charge is 0.361 e. The molecule has 5 aromatic rings. The van der Waals surface area contributed by atoms with Crippen LogP contribution in [0.3, 0.4) is 0 Å². The highest BCUT2D eigenvalue weighted by molar-refractivity contribution is 7.10. The molecule has 0 radical (unpaired) electrons. The summed E-state index contributed by atoms with van der Waals surface area (Å²) in [6, 6.07) is 18.8. The van der Waals surface area contributed by atoms with Gasteiger partial charge in [-0.25, -0.2) is 4.68 Å². The maximum Gasteiger partial charge on any atom is 0.273 e. The summed E-state index contributed by atoms with van der Waals surface area (Å²) in [6.45, 7) is 0.534. The topological polar surface area (TPSA) is 99.8 Å². The Kier molecular flexibility index (Phi) is 5.66. The summed E-state index contributed by atoms with van der Waals surface area (Å²) in [7, 11) is 0. The smallest absolute Gasteiger partial charge is 0.273 e. The zero-order chi connectivity index (χ0) is 22.8. The van der Waals surface area contributed by atoms with E-state index in [1.807, 2.05) is 35.8 Å². The van der Waals surface area contributed by atoms with Gasteiger partial charge in [-0.3, -0.25) is 19.5 Å². The number of aromatic amines is 2. The molecule has 0 fully saturated rings. The first-order chi connectivity index (χ1) is 16.1. The number of amides is 1. The van der Waals surface area contributed by atoms with Gasteiger partial charge in [0.25, 0.3) is 11.1 Å². The van der Waals surface area contributed by atoms with Crippen molar-refractivity contribution in [3.05, 3.63) is 103 Å². The molecular weight excluding hydrogens is 436 g/mol. The van der Waals surface area contributed by atoms with E-state index in [-0.39, 0.29) is 35.9 Å².